The van der Waals surface area contributed by atoms with E-state index in [-0.39, 0.29) is 17.4 Å². The average Bonchev–Trinajstić information content (AvgIpc) is 3.20. The van der Waals surface area contributed by atoms with Gasteiger partial charge in [0.1, 0.15) is 0 Å². The fourth-order valence-corrected chi connectivity index (χ4v) is 2.59. The van der Waals surface area contributed by atoms with Crippen LogP contribution in [0.25, 0.3) is 0 Å². The summed E-state index contributed by atoms with van der Waals surface area (Å²) in [5.74, 6) is 0.588. The highest BCUT2D eigenvalue weighted by molar-refractivity contribution is 5.91. The summed E-state index contributed by atoms with van der Waals surface area (Å²) < 4.78 is 0. The van der Waals surface area contributed by atoms with Crippen molar-refractivity contribution in [1.29, 1.82) is 0 Å². The van der Waals surface area contributed by atoms with Crippen molar-refractivity contribution in [3.05, 3.63) is 35.9 Å². The first-order valence-electron chi connectivity index (χ1n) is 7.17. The van der Waals surface area contributed by atoms with Crippen molar-refractivity contribution < 1.29 is 4.79 Å². The van der Waals surface area contributed by atoms with Gasteiger partial charge in [0.05, 0.1) is 5.41 Å². The first-order chi connectivity index (χ1) is 9.10. The van der Waals surface area contributed by atoms with Crippen LogP contribution in [0.1, 0.15) is 38.7 Å². The molecule has 1 unspecified atom stereocenters. The number of carbonyl (C=O) groups is 1. The van der Waals surface area contributed by atoms with E-state index in [1.54, 1.807) is 0 Å². The van der Waals surface area contributed by atoms with Gasteiger partial charge in [-0.15, -0.1) is 0 Å². The number of amides is 1. The van der Waals surface area contributed by atoms with Crippen LogP contribution in [0.2, 0.25) is 0 Å². The number of benzene rings is 1. The molecule has 1 aromatic carbocycles. The predicted molar refractivity (Wildman–Crippen MR) is 77.8 cm³/mol. The molecule has 1 saturated carbocycles. The lowest BCUT2D eigenvalue weighted by Crippen LogP contribution is -2.44. The van der Waals surface area contributed by atoms with Crippen LogP contribution in [0.15, 0.2) is 30.3 Å². The van der Waals surface area contributed by atoms with E-state index in [4.69, 9.17) is 5.73 Å². The van der Waals surface area contributed by atoms with E-state index in [1.807, 2.05) is 18.2 Å². The smallest absolute Gasteiger partial charge is 0.230 e. The molecule has 0 aromatic heterocycles. The van der Waals surface area contributed by atoms with Crippen molar-refractivity contribution >= 4 is 5.91 Å². The summed E-state index contributed by atoms with van der Waals surface area (Å²) in [6.45, 7) is 4.87. The molecule has 3 heteroatoms. The summed E-state index contributed by atoms with van der Waals surface area (Å²) in [5.41, 5.74) is 6.49. The first kappa shape index (κ1) is 14.1. The monoisotopic (exact) mass is 260 g/mol. The highest BCUT2D eigenvalue weighted by atomic mass is 16.2. The van der Waals surface area contributed by atoms with Crippen LogP contribution < -0.4 is 11.1 Å². The van der Waals surface area contributed by atoms with E-state index in [2.05, 4.69) is 31.3 Å². The standard InChI is InChI=1S/C16H24N2O/c1-12(2)14(8-11-17)18-15(19)16(9-10-16)13-6-4-3-5-7-13/h3-7,12,14H,8-11,17H2,1-2H3,(H,18,19). The molecule has 1 aromatic rings. The predicted octanol–water partition coefficient (Wildman–Crippen LogP) is 2.21. The maximum atomic E-state index is 12.6. The molecule has 104 valence electrons. The topological polar surface area (TPSA) is 55.1 Å². The zero-order valence-corrected chi connectivity index (χ0v) is 11.9. The Morgan fingerprint density at radius 2 is 1.95 bits per heavy atom. The Morgan fingerprint density at radius 3 is 2.42 bits per heavy atom. The van der Waals surface area contributed by atoms with Gasteiger partial charge in [0.25, 0.3) is 0 Å². The Bertz CT molecular complexity index is 424. The number of nitrogens with one attached hydrogen (secondary N) is 1. The van der Waals surface area contributed by atoms with Crippen molar-refractivity contribution in [3.63, 3.8) is 0 Å². The first-order valence-corrected chi connectivity index (χ1v) is 7.17. The molecule has 1 atom stereocenters. The Hall–Kier alpha value is -1.35. The van der Waals surface area contributed by atoms with Gasteiger partial charge in [-0.3, -0.25) is 4.79 Å². The third-order valence-corrected chi connectivity index (χ3v) is 4.11. The summed E-state index contributed by atoms with van der Waals surface area (Å²) in [4.78, 5) is 12.6. The molecule has 1 aliphatic carbocycles. The van der Waals surface area contributed by atoms with Crippen LogP contribution in [0.5, 0.6) is 0 Å². The number of hydrogen-bond acceptors (Lipinski definition) is 2. The quantitative estimate of drug-likeness (QED) is 0.824. The van der Waals surface area contributed by atoms with Crippen molar-refractivity contribution in [2.24, 2.45) is 11.7 Å². The Morgan fingerprint density at radius 1 is 1.32 bits per heavy atom. The van der Waals surface area contributed by atoms with Gasteiger partial charge in [-0.1, -0.05) is 44.2 Å². The maximum absolute atomic E-state index is 12.6. The molecular weight excluding hydrogens is 236 g/mol. The summed E-state index contributed by atoms with van der Waals surface area (Å²) in [6, 6.07) is 10.3. The summed E-state index contributed by atoms with van der Waals surface area (Å²) in [7, 11) is 0. The minimum Gasteiger partial charge on any atom is -0.352 e. The minimum absolute atomic E-state index is 0.172. The molecule has 19 heavy (non-hydrogen) atoms. The second kappa shape index (κ2) is 5.74. The largest absolute Gasteiger partial charge is 0.352 e. The van der Waals surface area contributed by atoms with Crippen molar-refractivity contribution in [2.45, 2.75) is 44.6 Å². The number of carbonyl (C=O) groups excluding carboxylic acids is 1. The fourth-order valence-electron chi connectivity index (χ4n) is 2.59. The van der Waals surface area contributed by atoms with Crippen LogP contribution in [-0.4, -0.2) is 18.5 Å². The fraction of sp³-hybridized carbons (Fsp3) is 0.562. The molecule has 1 fully saturated rings. The van der Waals surface area contributed by atoms with E-state index in [9.17, 15) is 4.79 Å². The second-order valence-electron chi connectivity index (χ2n) is 5.85. The zero-order chi connectivity index (χ0) is 13.9. The molecule has 0 aliphatic heterocycles. The van der Waals surface area contributed by atoms with Crippen LogP contribution in [0.4, 0.5) is 0 Å². The van der Waals surface area contributed by atoms with Crippen LogP contribution in [0, 0.1) is 5.92 Å². The van der Waals surface area contributed by atoms with Gasteiger partial charge in [-0.2, -0.15) is 0 Å². The van der Waals surface area contributed by atoms with Gasteiger partial charge in [0, 0.05) is 6.04 Å². The molecule has 1 aliphatic rings. The SMILES string of the molecule is CC(C)C(CCN)NC(=O)C1(c2ccccc2)CC1. The van der Waals surface area contributed by atoms with Gasteiger partial charge in [-0.05, 0) is 37.3 Å². The van der Waals surface area contributed by atoms with Gasteiger partial charge >= 0.3 is 0 Å². The van der Waals surface area contributed by atoms with Crippen molar-refractivity contribution in [3.8, 4) is 0 Å². The highest BCUT2D eigenvalue weighted by Gasteiger charge is 2.51. The number of rotatable bonds is 6. The van der Waals surface area contributed by atoms with Crippen molar-refractivity contribution in [1.82, 2.24) is 5.32 Å². The molecule has 1 amide bonds. The molecule has 2 rings (SSSR count). The second-order valence-corrected chi connectivity index (χ2v) is 5.85. The van der Waals surface area contributed by atoms with Crippen LogP contribution in [-0.2, 0) is 10.2 Å². The van der Waals surface area contributed by atoms with E-state index in [0.717, 1.165) is 24.8 Å². The lowest BCUT2D eigenvalue weighted by molar-refractivity contribution is -0.124. The molecule has 3 nitrogen and oxygen atoms in total. The maximum Gasteiger partial charge on any atom is 0.230 e. The molecule has 3 N–H and O–H groups in total. The minimum atomic E-state index is -0.275. The van der Waals surface area contributed by atoms with Gasteiger partial charge in [0.2, 0.25) is 5.91 Å². The molecule has 0 saturated heterocycles. The van der Waals surface area contributed by atoms with Gasteiger partial charge in [0.15, 0.2) is 0 Å². The van der Waals surface area contributed by atoms with E-state index < -0.39 is 0 Å². The molecule has 0 bridgehead atoms. The zero-order valence-electron chi connectivity index (χ0n) is 11.9. The molecule has 0 spiro atoms. The van der Waals surface area contributed by atoms with E-state index in [1.165, 1.54) is 0 Å². The summed E-state index contributed by atoms with van der Waals surface area (Å²) in [5, 5.41) is 3.20. The van der Waals surface area contributed by atoms with Gasteiger partial charge in [-0.25, -0.2) is 0 Å². The van der Waals surface area contributed by atoms with Crippen LogP contribution >= 0.6 is 0 Å². The highest BCUT2D eigenvalue weighted by Crippen LogP contribution is 2.48. The molecule has 0 heterocycles. The normalized spacial score (nSPS) is 18.1. The lowest BCUT2D eigenvalue weighted by atomic mass is 9.93. The van der Waals surface area contributed by atoms with E-state index >= 15 is 0 Å². The lowest BCUT2D eigenvalue weighted by Gasteiger charge is -2.25. The van der Waals surface area contributed by atoms with Gasteiger partial charge < -0.3 is 11.1 Å². The third kappa shape index (κ3) is 2.98. The van der Waals surface area contributed by atoms with Crippen LogP contribution in [0.3, 0.4) is 0 Å². The van der Waals surface area contributed by atoms with E-state index in [0.29, 0.717) is 12.5 Å². The Balaban J connectivity index is 2.07. The third-order valence-electron chi connectivity index (χ3n) is 4.11. The Kier molecular flexibility index (Phi) is 4.25. The Labute approximate surface area is 115 Å². The number of nitrogens with two attached hydrogens (primary N) is 1. The number of hydrogen-bond donors (Lipinski definition) is 2. The average molecular weight is 260 g/mol. The summed E-state index contributed by atoms with van der Waals surface area (Å²) >= 11 is 0. The molecule has 0 radical (unpaired) electrons. The summed E-state index contributed by atoms with van der Waals surface area (Å²) in [6.07, 6.45) is 2.75. The van der Waals surface area contributed by atoms with Crippen molar-refractivity contribution in [2.75, 3.05) is 6.54 Å². The molecular formula is C16H24N2O.